The van der Waals surface area contributed by atoms with Crippen LogP contribution in [0.15, 0.2) is 28.0 Å². The van der Waals surface area contributed by atoms with Crippen molar-refractivity contribution in [3.63, 3.8) is 0 Å². The van der Waals surface area contributed by atoms with E-state index in [4.69, 9.17) is 4.18 Å². The molecule has 0 aromatic heterocycles. The van der Waals surface area contributed by atoms with E-state index in [1.54, 1.807) is 19.1 Å². The molecule has 0 saturated carbocycles. The van der Waals surface area contributed by atoms with Gasteiger partial charge in [-0.05, 0) is 57.2 Å². The first-order valence-electron chi connectivity index (χ1n) is 6.24. The summed E-state index contributed by atoms with van der Waals surface area (Å²) < 4.78 is 28.8. The average molecular weight is 317 g/mol. The first kappa shape index (κ1) is 17.0. The van der Waals surface area contributed by atoms with Crippen LogP contribution < -0.4 is 5.32 Å². The molecule has 0 atom stereocenters. The highest BCUT2D eigenvalue weighted by atomic mass is 32.2. The molecule has 5 nitrogen and oxygen atoms in total. The Hall–Kier alpha value is -1.05. The van der Waals surface area contributed by atoms with Gasteiger partial charge in [0.1, 0.15) is 4.90 Å². The Morgan fingerprint density at radius 2 is 2.05 bits per heavy atom. The Balaban J connectivity index is 3.12. The van der Waals surface area contributed by atoms with Gasteiger partial charge in [-0.15, -0.1) is 0 Å². The van der Waals surface area contributed by atoms with Crippen molar-refractivity contribution in [2.75, 3.05) is 6.61 Å². The van der Waals surface area contributed by atoms with Crippen LogP contribution >= 0.6 is 11.8 Å². The largest absolute Gasteiger partial charge is 0.345 e. The fourth-order valence-corrected chi connectivity index (χ4v) is 3.80. The summed E-state index contributed by atoms with van der Waals surface area (Å²) in [6.07, 6.45) is 0. The van der Waals surface area contributed by atoms with Gasteiger partial charge in [-0.1, -0.05) is 6.07 Å². The van der Waals surface area contributed by atoms with Crippen molar-refractivity contribution in [1.29, 1.82) is 0 Å². The summed E-state index contributed by atoms with van der Waals surface area (Å²) in [5, 5.41) is 2.42. The monoisotopic (exact) mass is 317 g/mol. The van der Waals surface area contributed by atoms with Crippen molar-refractivity contribution in [3.05, 3.63) is 23.8 Å². The van der Waals surface area contributed by atoms with E-state index in [1.165, 1.54) is 6.07 Å². The molecule has 20 heavy (non-hydrogen) atoms. The van der Waals surface area contributed by atoms with Crippen LogP contribution in [0.1, 0.15) is 26.3 Å². The van der Waals surface area contributed by atoms with E-state index < -0.39 is 10.1 Å². The Morgan fingerprint density at radius 3 is 2.60 bits per heavy atom. The van der Waals surface area contributed by atoms with Gasteiger partial charge in [-0.25, -0.2) is 0 Å². The van der Waals surface area contributed by atoms with Crippen molar-refractivity contribution < 1.29 is 17.4 Å². The quantitative estimate of drug-likeness (QED) is 0.668. The van der Waals surface area contributed by atoms with Crippen LogP contribution in [0.4, 0.5) is 4.79 Å². The summed E-state index contributed by atoms with van der Waals surface area (Å²) in [7, 11) is -3.83. The molecule has 1 aromatic rings. The fourth-order valence-electron chi connectivity index (χ4n) is 1.49. The molecular weight excluding hydrogens is 298 g/mol. The Bertz CT molecular complexity index is 582. The number of hydrogen-bond acceptors (Lipinski definition) is 5. The highest BCUT2D eigenvalue weighted by Crippen LogP contribution is 2.29. The van der Waals surface area contributed by atoms with Crippen LogP contribution in [0.3, 0.4) is 0 Å². The minimum atomic E-state index is -3.83. The lowest BCUT2D eigenvalue weighted by Crippen LogP contribution is -2.26. The van der Waals surface area contributed by atoms with Gasteiger partial charge in [-0.2, -0.15) is 8.42 Å². The molecule has 0 bridgehead atoms. The number of rotatable bonds is 5. The number of aryl methyl sites for hydroxylation is 1. The van der Waals surface area contributed by atoms with E-state index in [0.29, 0.717) is 4.90 Å². The molecule has 7 heteroatoms. The smallest absolute Gasteiger partial charge is 0.298 e. The maximum atomic E-state index is 12.0. The molecule has 0 heterocycles. The lowest BCUT2D eigenvalue weighted by atomic mass is 10.2. The summed E-state index contributed by atoms with van der Waals surface area (Å²) >= 11 is 0.856. The maximum absolute atomic E-state index is 12.0. The molecular formula is C13H19NO4S2. The van der Waals surface area contributed by atoms with Crippen molar-refractivity contribution >= 4 is 27.1 Å². The molecule has 112 valence electrons. The van der Waals surface area contributed by atoms with Gasteiger partial charge >= 0.3 is 0 Å². The second-order valence-electron chi connectivity index (χ2n) is 4.50. The van der Waals surface area contributed by atoms with Crippen molar-refractivity contribution in [1.82, 2.24) is 5.32 Å². The van der Waals surface area contributed by atoms with Crippen molar-refractivity contribution in [2.24, 2.45) is 0 Å². The van der Waals surface area contributed by atoms with Gasteiger partial charge in [0, 0.05) is 10.9 Å². The van der Waals surface area contributed by atoms with Gasteiger partial charge in [-0.3, -0.25) is 8.98 Å². The summed E-state index contributed by atoms with van der Waals surface area (Å²) in [6, 6.07) is 4.80. The summed E-state index contributed by atoms with van der Waals surface area (Å²) in [4.78, 5) is 12.2. The molecule has 0 aliphatic carbocycles. The second kappa shape index (κ2) is 7.10. The molecule has 0 unspecified atom stereocenters. The van der Waals surface area contributed by atoms with Crippen LogP contribution in [0.2, 0.25) is 0 Å². The SMILES string of the molecule is CCOS(=O)(=O)c1ccc(C)cc1SC(=O)NC(C)C. The van der Waals surface area contributed by atoms with E-state index in [1.807, 2.05) is 20.8 Å². The lowest BCUT2D eigenvalue weighted by molar-refractivity contribution is 0.258. The molecule has 1 rings (SSSR count). The highest BCUT2D eigenvalue weighted by molar-refractivity contribution is 8.13. The zero-order valence-corrected chi connectivity index (χ0v) is 13.6. The van der Waals surface area contributed by atoms with E-state index >= 15 is 0 Å². The lowest BCUT2D eigenvalue weighted by Gasteiger charge is -2.12. The van der Waals surface area contributed by atoms with Crippen LogP contribution in [0, 0.1) is 6.92 Å². The Labute approximate surface area is 124 Å². The van der Waals surface area contributed by atoms with E-state index in [0.717, 1.165) is 17.3 Å². The van der Waals surface area contributed by atoms with Crippen LogP contribution in [-0.4, -0.2) is 26.3 Å². The third kappa shape index (κ3) is 4.81. The van der Waals surface area contributed by atoms with E-state index in [2.05, 4.69) is 5.32 Å². The number of amides is 1. The molecule has 0 aliphatic heterocycles. The van der Waals surface area contributed by atoms with Crippen LogP contribution in [-0.2, 0) is 14.3 Å². The predicted octanol–water partition coefficient (Wildman–Crippen LogP) is 2.93. The fraction of sp³-hybridized carbons (Fsp3) is 0.462. The maximum Gasteiger partial charge on any atom is 0.298 e. The molecule has 0 radical (unpaired) electrons. The molecule has 1 aromatic carbocycles. The van der Waals surface area contributed by atoms with Crippen molar-refractivity contribution in [2.45, 2.75) is 43.5 Å². The number of benzene rings is 1. The van der Waals surface area contributed by atoms with Crippen LogP contribution in [0.5, 0.6) is 0 Å². The molecule has 0 spiro atoms. The third-order valence-electron chi connectivity index (χ3n) is 2.25. The van der Waals surface area contributed by atoms with Crippen molar-refractivity contribution in [3.8, 4) is 0 Å². The Kier molecular flexibility index (Phi) is 6.04. The summed E-state index contributed by atoms with van der Waals surface area (Å²) in [5.41, 5.74) is 0.875. The minimum absolute atomic E-state index is 0.00763. The number of carbonyl (C=O) groups excluding carboxylic acids is 1. The van der Waals surface area contributed by atoms with Gasteiger partial charge in [0.05, 0.1) is 6.61 Å². The van der Waals surface area contributed by atoms with Gasteiger partial charge in [0.25, 0.3) is 15.4 Å². The molecule has 0 aliphatic rings. The van der Waals surface area contributed by atoms with Gasteiger partial charge in [0.15, 0.2) is 0 Å². The predicted molar refractivity (Wildman–Crippen MR) is 79.5 cm³/mol. The summed E-state index contributed by atoms with van der Waals surface area (Å²) in [5.74, 6) is 0. The number of thioether (sulfide) groups is 1. The second-order valence-corrected chi connectivity index (χ2v) is 7.10. The van der Waals surface area contributed by atoms with E-state index in [-0.39, 0.29) is 22.8 Å². The summed E-state index contributed by atoms with van der Waals surface area (Å²) in [6.45, 7) is 7.17. The minimum Gasteiger partial charge on any atom is -0.345 e. The molecule has 1 N–H and O–H groups in total. The van der Waals surface area contributed by atoms with E-state index in [9.17, 15) is 13.2 Å². The molecule has 0 saturated heterocycles. The van der Waals surface area contributed by atoms with Gasteiger partial charge < -0.3 is 5.32 Å². The number of nitrogens with one attached hydrogen (secondary N) is 1. The standard InChI is InChI=1S/C13H19NO4S2/c1-5-18-20(16,17)12-7-6-10(4)8-11(12)19-13(15)14-9(2)3/h6-9H,5H2,1-4H3,(H,14,15). The normalized spacial score (nSPS) is 11.7. The highest BCUT2D eigenvalue weighted by Gasteiger charge is 2.21. The topological polar surface area (TPSA) is 72.5 Å². The van der Waals surface area contributed by atoms with Crippen LogP contribution in [0.25, 0.3) is 0 Å². The number of carbonyl (C=O) groups is 1. The average Bonchev–Trinajstić information content (AvgIpc) is 2.26. The first-order valence-corrected chi connectivity index (χ1v) is 8.47. The van der Waals surface area contributed by atoms with Gasteiger partial charge in [0.2, 0.25) is 0 Å². The molecule has 0 fully saturated rings. The molecule has 1 amide bonds. The number of hydrogen-bond donors (Lipinski definition) is 1. The Morgan fingerprint density at radius 1 is 1.40 bits per heavy atom. The third-order valence-corrected chi connectivity index (χ3v) is 4.68. The zero-order chi connectivity index (χ0) is 15.3. The zero-order valence-electron chi connectivity index (χ0n) is 12.0. The first-order chi connectivity index (χ1) is 9.26.